The molecule has 0 saturated carbocycles. The van der Waals surface area contributed by atoms with Crippen LogP contribution in [0.15, 0.2) is 30.3 Å². The van der Waals surface area contributed by atoms with Crippen molar-refractivity contribution >= 4 is 17.5 Å². The second-order valence-electron chi connectivity index (χ2n) is 5.06. The lowest BCUT2D eigenvalue weighted by Crippen LogP contribution is -2.06. The number of nitrogens with one attached hydrogen (secondary N) is 2. The summed E-state index contributed by atoms with van der Waals surface area (Å²) in [5.41, 5.74) is 1.97. The van der Waals surface area contributed by atoms with E-state index in [-0.39, 0.29) is 0 Å². The molecule has 0 radical (unpaired) electrons. The molecule has 5 nitrogen and oxygen atoms in total. The highest BCUT2D eigenvalue weighted by molar-refractivity contribution is 5.57. The Hall–Kier alpha value is -2.30. The molecule has 0 aliphatic heterocycles. The number of aromatic nitrogens is 2. The van der Waals surface area contributed by atoms with Crippen LogP contribution >= 0.6 is 0 Å². The topological polar surface area (TPSA) is 59.1 Å². The smallest absolute Gasteiger partial charge is 0.229 e. The first-order chi connectivity index (χ1) is 10.7. The van der Waals surface area contributed by atoms with Crippen LogP contribution < -0.4 is 15.4 Å². The molecule has 0 aliphatic carbocycles. The van der Waals surface area contributed by atoms with Gasteiger partial charge in [-0.05, 0) is 31.9 Å². The number of anilines is 3. The average molecular weight is 300 g/mol. The normalized spacial score (nSPS) is 10.3. The van der Waals surface area contributed by atoms with E-state index in [1.54, 1.807) is 7.11 Å². The summed E-state index contributed by atoms with van der Waals surface area (Å²) in [4.78, 5) is 9.11. The Morgan fingerprint density at radius 2 is 2.00 bits per heavy atom. The van der Waals surface area contributed by atoms with Crippen molar-refractivity contribution in [3.05, 3.63) is 36.0 Å². The van der Waals surface area contributed by atoms with Crippen molar-refractivity contribution in [1.82, 2.24) is 9.97 Å². The van der Waals surface area contributed by atoms with Crippen LogP contribution in [0.4, 0.5) is 17.5 Å². The molecule has 2 N–H and O–H groups in total. The molecule has 118 valence electrons. The third kappa shape index (κ3) is 4.62. The van der Waals surface area contributed by atoms with Crippen LogP contribution in [0.5, 0.6) is 5.75 Å². The minimum Gasteiger partial charge on any atom is -0.497 e. The van der Waals surface area contributed by atoms with Gasteiger partial charge in [0.15, 0.2) is 0 Å². The Kier molecular flexibility index (Phi) is 6.01. The van der Waals surface area contributed by atoms with Gasteiger partial charge < -0.3 is 15.4 Å². The van der Waals surface area contributed by atoms with E-state index in [9.17, 15) is 0 Å². The van der Waals surface area contributed by atoms with Crippen LogP contribution in [0.1, 0.15) is 32.4 Å². The number of unbranched alkanes of at least 4 members (excludes halogenated alkanes) is 1. The summed E-state index contributed by atoms with van der Waals surface area (Å²) < 4.78 is 5.24. The standard InChI is InChI=1S/C17H24N4O/c1-4-6-8-14-12-16(18-5-2)21-17(20-14)19-13-9-7-10-15(11-13)22-3/h7,9-12H,4-6,8H2,1-3H3,(H2,18,19,20,21). The van der Waals surface area contributed by atoms with Crippen LogP contribution in [-0.2, 0) is 6.42 Å². The number of rotatable bonds is 8. The first-order valence-electron chi connectivity index (χ1n) is 7.78. The second kappa shape index (κ2) is 8.22. The average Bonchev–Trinajstić information content (AvgIpc) is 2.53. The highest BCUT2D eigenvalue weighted by Crippen LogP contribution is 2.21. The molecule has 0 spiro atoms. The van der Waals surface area contributed by atoms with Crippen molar-refractivity contribution in [2.45, 2.75) is 33.1 Å². The number of hydrogen-bond acceptors (Lipinski definition) is 5. The van der Waals surface area contributed by atoms with Crippen molar-refractivity contribution in [2.75, 3.05) is 24.3 Å². The maximum absolute atomic E-state index is 5.24. The number of nitrogens with zero attached hydrogens (tertiary/aromatic N) is 2. The first kappa shape index (κ1) is 16.1. The Balaban J connectivity index is 2.21. The lowest BCUT2D eigenvalue weighted by atomic mass is 10.2. The zero-order valence-corrected chi connectivity index (χ0v) is 13.5. The molecule has 2 rings (SSSR count). The predicted octanol–water partition coefficient (Wildman–Crippen LogP) is 4.00. The predicted molar refractivity (Wildman–Crippen MR) is 91.1 cm³/mol. The number of benzene rings is 1. The van der Waals surface area contributed by atoms with Gasteiger partial charge in [-0.3, -0.25) is 0 Å². The number of hydrogen-bond donors (Lipinski definition) is 2. The van der Waals surface area contributed by atoms with Gasteiger partial charge in [-0.1, -0.05) is 19.4 Å². The van der Waals surface area contributed by atoms with Crippen LogP contribution in [0.2, 0.25) is 0 Å². The van der Waals surface area contributed by atoms with Gasteiger partial charge in [0, 0.05) is 30.1 Å². The molecule has 0 bridgehead atoms. The SMILES string of the molecule is CCCCc1cc(NCC)nc(Nc2cccc(OC)c2)n1. The highest BCUT2D eigenvalue weighted by Gasteiger charge is 2.05. The lowest BCUT2D eigenvalue weighted by molar-refractivity contribution is 0.415. The molecule has 0 unspecified atom stereocenters. The summed E-state index contributed by atoms with van der Waals surface area (Å²) in [5.74, 6) is 2.27. The molecule has 1 aromatic carbocycles. The second-order valence-corrected chi connectivity index (χ2v) is 5.06. The maximum Gasteiger partial charge on any atom is 0.229 e. The van der Waals surface area contributed by atoms with Crippen LogP contribution in [-0.4, -0.2) is 23.6 Å². The van der Waals surface area contributed by atoms with Gasteiger partial charge in [0.05, 0.1) is 7.11 Å². The molecule has 0 aliphatic rings. The van der Waals surface area contributed by atoms with Crippen molar-refractivity contribution in [3.63, 3.8) is 0 Å². The number of ether oxygens (including phenoxy) is 1. The van der Waals surface area contributed by atoms with E-state index in [1.807, 2.05) is 30.3 Å². The minimum absolute atomic E-state index is 0.609. The monoisotopic (exact) mass is 300 g/mol. The first-order valence-corrected chi connectivity index (χ1v) is 7.78. The third-order valence-corrected chi connectivity index (χ3v) is 3.25. The van der Waals surface area contributed by atoms with Crippen molar-refractivity contribution in [1.29, 1.82) is 0 Å². The van der Waals surface area contributed by atoms with E-state index >= 15 is 0 Å². The molecule has 2 aromatic rings. The van der Waals surface area contributed by atoms with Gasteiger partial charge in [0.1, 0.15) is 11.6 Å². The maximum atomic E-state index is 5.24. The van der Waals surface area contributed by atoms with Gasteiger partial charge in [0.2, 0.25) is 5.95 Å². The van der Waals surface area contributed by atoms with Crippen LogP contribution in [0, 0.1) is 0 Å². The van der Waals surface area contributed by atoms with E-state index in [1.165, 1.54) is 0 Å². The third-order valence-electron chi connectivity index (χ3n) is 3.25. The van der Waals surface area contributed by atoms with Crippen molar-refractivity contribution in [3.8, 4) is 5.75 Å². The van der Waals surface area contributed by atoms with Gasteiger partial charge in [-0.25, -0.2) is 4.98 Å². The quantitative estimate of drug-likeness (QED) is 0.771. The van der Waals surface area contributed by atoms with E-state index in [2.05, 4.69) is 34.4 Å². The molecule has 0 saturated heterocycles. The summed E-state index contributed by atoms with van der Waals surface area (Å²) in [7, 11) is 1.66. The molecular formula is C17H24N4O. The molecule has 22 heavy (non-hydrogen) atoms. The zero-order chi connectivity index (χ0) is 15.8. The molecule has 5 heteroatoms. The Labute approximate surface area is 132 Å². The molecule has 1 heterocycles. The largest absolute Gasteiger partial charge is 0.497 e. The summed E-state index contributed by atoms with van der Waals surface area (Å²) in [5, 5.41) is 6.51. The number of aryl methyl sites for hydroxylation is 1. The van der Waals surface area contributed by atoms with Crippen LogP contribution in [0.3, 0.4) is 0 Å². The highest BCUT2D eigenvalue weighted by atomic mass is 16.5. The summed E-state index contributed by atoms with van der Waals surface area (Å²) in [6.45, 7) is 5.08. The minimum atomic E-state index is 0.609. The van der Waals surface area contributed by atoms with E-state index in [0.29, 0.717) is 5.95 Å². The summed E-state index contributed by atoms with van der Waals surface area (Å²) in [6, 6.07) is 9.77. The van der Waals surface area contributed by atoms with Crippen molar-refractivity contribution in [2.24, 2.45) is 0 Å². The van der Waals surface area contributed by atoms with E-state index in [0.717, 1.165) is 48.8 Å². The van der Waals surface area contributed by atoms with Crippen LogP contribution in [0.25, 0.3) is 0 Å². The lowest BCUT2D eigenvalue weighted by Gasteiger charge is -2.11. The zero-order valence-electron chi connectivity index (χ0n) is 13.5. The van der Waals surface area contributed by atoms with Gasteiger partial charge in [-0.15, -0.1) is 0 Å². The summed E-state index contributed by atoms with van der Waals surface area (Å²) >= 11 is 0. The van der Waals surface area contributed by atoms with Crippen molar-refractivity contribution < 1.29 is 4.74 Å². The Morgan fingerprint density at radius 1 is 1.14 bits per heavy atom. The fourth-order valence-electron chi connectivity index (χ4n) is 2.14. The van der Waals surface area contributed by atoms with Gasteiger partial charge in [-0.2, -0.15) is 4.98 Å². The molecule has 0 fully saturated rings. The Morgan fingerprint density at radius 3 is 2.73 bits per heavy atom. The molecular weight excluding hydrogens is 276 g/mol. The fourth-order valence-corrected chi connectivity index (χ4v) is 2.14. The number of methoxy groups -OCH3 is 1. The molecule has 0 amide bonds. The van der Waals surface area contributed by atoms with E-state index < -0.39 is 0 Å². The fraction of sp³-hybridized carbons (Fsp3) is 0.412. The van der Waals surface area contributed by atoms with Gasteiger partial charge >= 0.3 is 0 Å². The molecule has 0 atom stereocenters. The van der Waals surface area contributed by atoms with Gasteiger partial charge in [0.25, 0.3) is 0 Å². The molecule has 1 aromatic heterocycles. The van der Waals surface area contributed by atoms with E-state index in [4.69, 9.17) is 4.74 Å². The summed E-state index contributed by atoms with van der Waals surface area (Å²) in [6.07, 6.45) is 3.24. The Bertz CT molecular complexity index is 601.